The fraction of sp³-hybridized carbons (Fsp3) is 0.304. The van der Waals surface area contributed by atoms with E-state index in [9.17, 15) is 4.79 Å². The predicted octanol–water partition coefficient (Wildman–Crippen LogP) is 4.27. The third-order valence-electron chi connectivity index (χ3n) is 5.07. The largest absolute Gasteiger partial charge is 0.309 e. The number of amides is 1. The Labute approximate surface area is 175 Å². The number of fused-ring (bicyclic) bond motifs is 1. The summed E-state index contributed by atoms with van der Waals surface area (Å²) >= 11 is 0. The molecule has 0 saturated heterocycles. The van der Waals surface area contributed by atoms with Crippen LogP contribution >= 0.6 is 0 Å². The van der Waals surface area contributed by atoms with Crippen LogP contribution in [0.25, 0.3) is 22.2 Å². The van der Waals surface area contributed by atoms with Crippen LogP contribution in [0.4, 0.5) is 5.82 Å². The minimum Gasteiger partial charge on any atom is -0.309 e. The van der Waals surface area contributed by atoms with Crippen molar-refractivity contribution in [1.29, 1.82) is 0 Å². The standard InChI is InChI=1S/C23H26N6O/c1-5-12-28-20(13-16(3)26-28)25-21(30)14-29-23-22(17(4)27-29)19(10-11-24-23)18-8-6-15(2)7-9-18/h6-11,13H,5,12,14H2,1-4H3,(H,25,30). The SMILES string of the molecule is CCCn1nc(C)cc1NC(=O)Cn1nc(C)c2c(-c3ccc(C)cc3)ccnc21. The first-order valence-electron chi connectivity index (χ1n) is 10.2. The van der Waals surface area contributed by atoms with Crippen LogP contribution in [0.1, 0.15) is 30.3 Å². The van der Waals surface area contributed by atoms with Gasteiger partial charge in [-0.05, 0) is 44.4 Å². The van der Waals surface area contributed by atoms with Crippen molar-refractivity contribution in [3.8, 4) is 11.1 Å². The molecule has 4 rings (SSSR count). The monoisotopic (exact) mass is 402 g/mol. The number of carbonyl (C=O) groups excluding carboxylic acids is 1. The van der Waals surface area contributed by atoms with E-state index in [1.807, 2.05) is 30.7 Å². The summed E-state index contributed by atoms with van der Waals surface area (Å²) in [6.07, 6.45) is 2.71. The maximum Gasteiger partial charge on any atom is 0.247 e. The predicted molar refractivity (Wildman–Crippen MR) is 118 cm³/mol. The Morgan fingerprint density at radius 3 is 2.53 bits per heavy atom. The van der Waals surface area contributed by atoms with Crippen LogP contribution in [0.2, 0.25) is 0 Å². The van der Waals surface area contributed by atoms with Gasteiger partial charge in [-0.15, -0.1) is 0 Å². The van der Waals surface area contributed by atoms with E-state index in [-0.39, 0.29) is 12.5 Å². The smallest absolute Gasteiger partial charge is 0.247 e. The average molecular weight is 403 g/mol. The molecule has 1 N–H and O–H groups in total. The molecule has 0 aliphatic heterocycles. The molecule has 0 spiro atoms. The Morgan fingerprint density at radius 2 is 1.80 bits per heavy atom. The lowest BCUT2D eigenvalue weighted by Gasteiger charge is -2.09. The maximum atomic E-state index is 12.8. The Bertz CT molecular complexity index is 1200. The first kappa shape index (κ1) is 19.8. The van der Waals surface area contributed by atoms with E-state index in [2.05, 4.69) is 58.6 Å². The highest BCUT2D eigenvalue weighted by molar-refractivity contribution is 5.96. The molecule has 7 nitrogen and oxygen atoms in total. The molecule has 0 atom stereocenters. The highest BCUT2D eigenvalue weighted by atomic mass is 16.2. The van der Waals surface area contributed by atoms with E-state index in [0.29, 0.717) is 11.5 Å². The van der Waals surface area contributed by atoms with Gasteiger partial charge in [0, 0.05) is 24.2 Å². The number of carbonyl (C=O) groups is 1. The average Bonchev–Trinajstić information content (AvgIpc) is 3.22. The van der Waals surface area contributed by atoms with Gasteiger partial charge in [0.15, 0.2) is 5.65 Å². The summed E-state index contributed by atoms with van der Waals surface area (Å²) in [5, 5.41) is 13.0. The Kier molecular flexibility index (Phi) is 5.35. The molecule has 0 unspecified atom stereocenters. The van der Waals surface area contributed by atoms with Crippen LogP contribution in [0.15, 0.2) is 42.6 Å². The lowest BCUT2D eigenvalue weighted by atomic mass is 10.0. The van der Waals surface area contributed by atoms with Gasteiger partial charge in [0.2, 0.25) is 5.91 Å². The van der Waals surface area contributed by atoms with Crippen molar-refractivity contribution in [3.05, 3.63) is 59.5 Å². The van der Waals surface area contributed by atoms with E-state index in [1.165, 1.54) is 5.56 Å². The molecule has 1 aromatic carbocycles. The van der Waals surface area contributed by atoms with Crippen LogP contribution in [-0.2, 0) is 17.9 Å². The van der Waals surface area contributed by atoms with Gasteiger partial charge in [-0.3, -0.25) is 4.79 Å². The molecule has 3 aromatic heterocycles. The molecule has 0 saturated carbocycles. The zero-order chi connectivity index (χ0) is 21.3. The van der Waals surface area contributed by atoms with Crippen LogP contribution in [0, 0.1) is 20.8 Å². The number of nitrogens with one attached hydrogen (secondary N) is 1. The molecule has 4 aromatic rings. The number of aromatic nitrogens is 5. The highest BCUT2D eigenvalue weighted by Crippen LogP contribution is 2.30. The molecule has 0 aliphatic rings. The number of anilines is 1. The minimum atomic E-state index is -0.154. The first-order chi connectivity index (χ1) is 14.5. The molecule has 0 bridgehead atoms. The lowest BCUT2D eigenvalue weighted by Crippen LogP contribution is -2.21. The Morgan fingerprint density at radius 1 is 1.03 bits per heavy atom. The topological polar surface area (TPSA) is 77.6 Å². The second kappa shape index (κ2) is 8.10. The molecule has 0 fully saturated rings. The van der Waals surface area contributed by atoms with Gasteiger partial charge in [-0.2, -0.15) is 10.2 Å². The molecule has 0 aliphatic carbocycles. The fourth-order valence-corrected chi connectivity index (χ4v) is 3.71. The molecule has 1 amide bonds. The number of nitrogens with zero attached hydrogens (tertiary/aromatic N) is 5. The quantitative estimate of drug-likeness (QED) is 0.522. The second-order valence-electron chi connectivity index (χ2n) is 7.61. The van der Waals surface area contributed by atoms with E-state index in [1.54, 1.807) is 10.9 Å². The first-order valence-corrected chi connectivity index (χ1v) is 10.2. The molecular formula is C23H26N6O. The van der Waals surface area contributed by atoms with Crippen molar-refractivity contribution in [2.24, 2.45) is 0 Å². The zero-order valence-corrected chi connectivity index (χ0v) is 17.8. The molecular weight excluding hydrogens is 376 g/mol. The third-order valence-corrected chi connectivity index (χ3v) is 5.07. The van der Waals surface area contributed by atoms with Crippen molar-refractivity contribution >= 4 is 22.8 Å². The van der Waals surface area contributed by atoms with Crippen molar-refractivity contribution < 1.29 is 4.79 Å². The zero-order valence-electron chi connectivity index (χ0n) is 17.8. The summed E-state index contributed by atoms with van der Waals surface area (Å²) in [6, 6.07) is 12.3. The van der Waals surface area contributed by atoms with Crippen molar-refractivity contribution in [3.63, 3.8) is 0 Å². The Hall–Kier alpha value is -3.48. The van der Waals surface area contributed by atoms with Gasteiger partial charge >= 0.3 is 0 Å². The van der Waals surface area contributed by atoms with Crippen LogP contribution < -0.4 is 5.32 Å². The van der Waals surface area contributed by atoms with E-state index >= 15 is 0 Å². The van der Waals surface area contributed by atoms with Gasteiger partial charge in [0.1, 0.15) is 12.4 Å². The number of rotatable bonds is 6. The van der Waals surface area contributed by atoms with E-state index in [4.69, 9.17) is 0 Å². The normalized spacial score (nSPS) is 11.2. The Balaban J connectivity index is 1.63. The van der Waals surface area contributed by atoms with E-state index in [0.717, 1.165) is 40.9 Å². The van der Waals surface area contributed by atoms with Crippen molar-refractivity contribution in [1.82, 2.24) is 24.5 Å². The number of hydrogen-bond acceptors (Lipinski definition) is 4. The lowest BCUT2D eigenvalue weighted by molar-refractivity contribution is -0.116. The third kappa shape index (κ3) is 3.83. The van der Waals surface area contributed by atoms with Gasteiger partial charge in [-0.1, -0.05) is 36.8 Å². The number of aryl methyl sites for hydroxylation is 4. The van der Waals surface area contributed by atoms with Crippen LogP contribution in [0.3, 0.4) is 0 Å². The summed E-state index contributed by atoms with van der Waals surface area (Å²) in [6.45, 7) is 8.87. The number of hydrogen-bond donors (Lipinski definition) is 1. The van der Waals surface area contributed by atoms with Crippen molar-refractivity contribution in [2.75, 3.05) is 5.32 Å². The summed E-state index contributed by atoms with van der Waals surface area (Å²) in [5.74, 6) is 0.556. The maximum absolute atomic E-state index is 12.8. The summed E-state index contributed by atoms with van der Waals surface area (Å²) in [5.41, 5.74) is 5.83. The van der Waals surface area contributed by atoms with Crippen LogP contribution in [0.5, 0.6) is 0 Å². The molecule has 0 radical (unpaired) electrons. The molecule has 30 heavy (non-hydrogen) atoms. The molecule has 7 heteroatoms. The highest BCUT2D eigenvalue weighted by Gasteiger charge is 2.17. The van der Waals surface area contributed by atoms with Gasteiger partial charge in [-0.25, -0.2) is 14.3 Å². The van der Waals surface area contributed by atoms with Crippen LogP contribution in [-0.4, -0.2) is 30.5 Å². The van der Waals surface area contributed by atoms with E-state index < -0.39 is 0 Å². The minimum absolute atomic E-state index is 0.0883. The number of benzene rings is 1. The summed E-state index contributed by atoms with van der Waals surface area (Å²) in [7, 11) is 0. The van der Waals surface area contributed by atoms with Gasteiger partial charge < -0.3 is 5.32 Å². The van der Waals surface area contributed by atoms with Gasteiger partial charge in [0.25, 0.3) is 0 Å². The van der Waals surface area contributed by atoms with Gasteiger partial charge in [0.05, 0.1) is 11.4 Å². The summed E-state index contributed by atoms with van der Waals surface area (Å²) in [4.78, 5) is 17.3. The number of pyridine rings is 1. The summed E-state index contributed by atoms with van der Waals surface area (Å²) < 4.78 is 3.50. The fourth-order valence-electron chi connectivity index (χ4n) is 3.71. The second-order valence-corrected chi connectivity index (χ2v) is 7.61. The molecule has 3 heterocycles. The molecule has 154 valence electrons. The van der Waals surface area contributed by atoms with Crippen molar-refractivity contribution in [2.45, 2.75) is 47.2 Å².